The number of pyridine rings is 1. The number of aromatic nitrogens is 1. The van der Waals surface area contributed by atoms with Crippen molar-refractivity contribution in [2.45, 2.75) is 6.42 Å². The molecule has 0 aliphatic rings. The summed E-state index contributed by atoms with van der Waals surface area (Å²) in [7, 11) is 0. The van der Waals surface area contributed by atoms with E-state index in [4.69, 9.17) is 17.3 Å². The maximum absolute atomic E-state index is 5.51. The van der Waals surface area contributed by atoms with Crippen molar-refractivity contribution >= 4 is 17.3 Å². The van der Waals surface area contributed by atoms with Gasteiger partial charge in [-0.15, -0.1) is 11.6 Å². The van der Waals surface area contributed by atoms with Gasteiger partial charge >= 0.3 is 0 Å². The molecule has 1 aromatic heterocycles. The molecule has 0 saturated carbocycles. The quantitative estimate of drug-likeness (QED) is 0.659. The molecule has 2 N–H and O–H groups in total. The van der Waals surface area contributed by atoms with E-state index >= 15 is 0 Å². The van der Waals surface area contributed by atoms with Crippen molar-refractivity contribution in [2.24, 2.45) is 0 Å². The summed E-state index contributed by atoms with van der Waals surface area (Å²) in [6, 6.07) is 3.60. The molecule has 54 valence electrons. The minimum atomic E-state index is 0.594. The van der Waals surface area contributed by atoms with E-state index in [1.807, 2.05) is 6.07 Å². The third-order valence-corrected chi connectivity index (χ3v) is 1.38. The summed E-state index contributed by atoms with van der Waals surface area (Å²) in [6.45, 7) is 0. The number of halogens is 1. The van der Waals surface area contributed by atoms with Gasteiger partial charge in [-0.1, -0.05) is 0 Å². The van der Waals surface area contributed by atoms with Crippen LogP contribution in [0.1, 0.15) is 5.69 Å². The number of anilines is 1. The highest BCUT2D eigenvalue weighted by Gasteiger charge is 1.91. The Labute approximate surface area is 65.0 Å². The largest absolute Gasteiger partial charge is 0.399 e. The smallest absolute Gasteiger partial charge is 0.0435 e. The minimum absolute atomic E-state index is 0.594. The predicted molar refractivity (Wildman–Crippen MR) is 43.1 cm³/mol. The van der Waals surface area contributed by atoms with Gasteiger partial charge in [0.1, 0.15) is 0 Å². The number of nitrogen functional groups attached to an aromatic ring is 1. The molecule has 2 nitrogen and oxygen atoms in total. The molecule has 0 aliphatic carbocycles. The van der Waals surface area contributed by atoms with Crippen molar-refractivity contribution in [2.75, 3.05) is 11.6 Å². The van der Waals surface area contributed by atoms with E-state index in [1.165, 1.54) is 0 Å². The molecule has 0 bridgehead atoms. The van der Waals surface area contributed by atoms with Crippen LogP contribution in [0.25, 0.3) is 0 Å². The molecule has 0 radical (unpaired) electrons. The fraction of sp³-hybridized carbons (Fsp3) is 0.286. The number of aryl methyl sites for hydroxylation is 1. The molecule has 1 rings (SSSR count). The minimum Gasteiger partial charge on any atom is -0.399 e. The summed E-state index contributed by atoms with van der Waals surface area (Å²) in [5.41, 5.74) is 7.20. The van der Waals surface area contributed by atoms with E-state index in [-0.39, 0.29) is 0 Å². The van der Waals surface area contributed by atoms with Crippen LogP contribution in [0.15, 0.2) is 18.3 Å². The molecular formula is C7H9ClN2. The molecular weight excluding hydrogens is 148 g/mol. The fourth-order valence-electron chi connectivity index (χ4n) is 0.730. The molecule has 0 atom stereocenters. The zero-order valence-corrected chi connectivity index (χ0v) is 6.30. The lowest BCUT2D eigenvalue weighted by molar-refractivity contribution is 1.04. The number of rotatable bonds is 2. The standard InChI is InChI=1S/C7H9ClN2/c8-3-1-7-5-6(9)2-4-10-7/h2,4-5H,1,3H2,(H2,9,10). The maximum Gasteiger partial charge on any atom is 0.0435 e. The third-order valence-electron chi connectivity index (χ3n) is 1.19. The molecule has 1 aromatic rings. The van der Waals surface area contributed by atoms with E-state index in [0.29, 0.717) is 5.88 Å². The van der Waals surface area contributed by atoms with Crippen LogP contribution in [-0.4, -0.2) is 10.9 Å². The van der Waals surface area contributed by atoms with Crippen molar-refractivity contribution in [1.29, 1.82) is 0 Å². The van der Waals surface area contributed by atoms with Crippen molar-refractivity contribution in [1.82, 2.24) is 4.98 Å². The van der Waals surface area contributed by atoms with Gasteiger partial charge in [-0.25, -0.2) is 0 Å². The zero-order valence-electron chi connectivity index (χ0n) is 5.55. The van der Waals surface area contributed by atoms with Crippen LogP contribution >= 0.6 is 11.6 Å². The molecule has 0 amide bonds. The van der Waals surface area contributed by atoms with Gasteiger partial charge in [-0.05, 0) is 12.1 Å². The Kier molecular flexibility index (Phi) is 2.51. The Balaban J connectivity index is 2.75. The Morgan fingerprint density at radius 3 is 3.00 bits per heavy atom. The van der Waals surface area contributed by atoms with Crippen LogP contribution in [0.4, 0.5) is 5.69 Å². The Morgan fingerprint density at radius 2 is 2.40 bits per heavy atom. The molecule has 0 saturated heterocycles. The van der Waals surface area contributed by atoms with Gasteiger partial charge in [0.25, 0.3) is 0 Å². The van der Waals surface area contributed by atoms with Crippen LogP contribution < -0.4 is 5.73 Å². The number of nitrogens with zero attached hydrogens (tertiary/aromatic N) is 1. The number of hydrogen-bond acceptors (Lipinski definition) is 2. The van der Waals surface area contributed by atoms with E-state index in [2.05, 4.69) is 4.98 Å². The number of nitrogens with two attached hydrogens (primary N) is 1. The van der Waals surface area contributed by atoms with Crippen LogP contribution in [0.3, 0.4) is 0 Å². The highest BCUT2D eigenvalue weighted by atomic mass is 35.5. The summed E-state index contributed by atoms with van der Waals surface area (Å²) in [6.07, 6.45) is 2.48. The Bertz CT molecular complexity index is 213. The van der Waals surface area contributed by atoms with E-state index < -0.39 is 0 Å². The van der Waals surface area contributed by atoms with Crippen LogP contribution in [0, 0.1) is 0 Å². The highest BCUT2D eigenvalue weighted by Crippen LogP contribution is 2.03. The van der Waals surface area contributed by atoms with E-state index in [9.17, 15) is 0 Å². The van der Waals surface area contributed by atoms with Crippen molar-refractivity contribution in [3.05, 3.63) is 24.0 Å². The SMILES string of the molecule is Nc1ccnc(CCCl)c1. The predicted octanol–water partition coefficient (Wildman–Crippen LogP) is 1.45. The van der Waals surface area contributed by atoms with E-state index in [0.717, 1.165) is 17.8 Å². The molecule has 3 heteroatoms. The van der Waals surface area contributed by atoms with Crippen molar-refractivity contribution in [3.8, 4) is 0 Å². The second-order valence-electron chi connectivity index (χ2n) is 2.02. The molecule has 0 spiro atoms. The highest BCUT2D eigenvalue weighted by molar-refractivity contribution is 6.17. The number of alkyl halides is 1. The normalized spacial score (nSPS) is 9.70. The van der Waals surface area contributed by atoms with Gasteiger partial charge in [0.05, 0.1) is 0 Å². The van der Waals surface area contributed by atoms with Gasteiger partial charge in [-0.3, -0.25) is 4.98 Å². The van der Waals surface area contributed by atoms with Crippen LogP contribution in [0.5, 0.6) is 0 Å². The average molecular weight is 157 g/mol. The lowest BCUT2D eigenvalue weighted by Gasteiger charge is -1.96. The molecule has 0 fully saturated rings. The Morgan fingerprint density at radius 1 is 1.60 bits per heavy atom. The first-order valence-corrected chi connectivity index (χ1v) is 3.63. The first-order valence-electron chi connectivity index (χ1n) is 3.09. The molecule has 10 heavy (non-hydrogen) atoms. The van der Waals surface area contributed by atoms with Gasteiger partial charge in [0, 0.05) is 29.9 Å². The topological polar surface area (TPSA) is 38.9 Å². The summed E-state index contributed by atoms with van der Waals surface area (Å²) in [4.78, 5) is 4.06. The number of hydrogen-bond donors (Lipinski definition) is 1. The lowest BCUT2D eigenvalue weighted by atomic mass is 10.3. The monoisotopic (exact) mass is 156 g/mol. The van der Waals surface area contributed by atoms with Gasteiger partial charge < -0.3 is 5.73 Å². The molecule has 0 aromatic carbocycles. The summed E-state index contributed by atoms with van der Waals surface area (Å²) < 4.78 is 0. The van der Waals surface area contributed by atoms with E-state index in [1.54, 1.807) is 12.3 Å². The molecule has 0 unspecified atom stereocenters. The van der Waals surface area contributed by atoms with Crippen molar-refractivity contribution in [3.63, 3.8) is 0 Å². The fourth-order valence-corrected chi connectivity index (χ4v) is 0.924. The summed E-state index contributed by atoms with van der Waals surface area (Å²) >= 11 is 5.51. The van der Waals surface area contributed by atoms with Crippen LogP contribution in [0.2, 0.25) is 0 Å². The molecule has 0 aliphatic heterocycles. The second-order valence-corrected chi connectivity index (χ2v) is 2.40. The Hall–Kier alpha value is -0.760. The third kappa shape index (κ3) is 1.88. The summed E-state index contributed by atoms with van der Waals surface area (Å²) in [5, 5.41) is 0. The second kappa shape index (κ2) is 3.42. The van der Waals surface area contributed by atoms with Crippen molar-refractivity contribution < 1.29 is 0 Å². The maximum atomic E-state index is 5.51. The van der Waals surface area contributed by atoms with Gasteiger partial charge in [0.2, 0.25) is 0 Å². The van der Waals surface area contributed by atoms with Gasteiger partial charge in [-0.2, -0.15) is 0 Å². The first kappa shape index (κ1) is 7.35. The summed E-state index contributed by atoms with van der Waals surface area (Å²) in [5.74, 6) is 0.594. The van der Waals surface area contributed by atoms with Gasteiger partial charge in [0.15, 0.2) is 0 Å². The first-order chi connectivity index (χ1) is 4.83. The zero-order chi connectivity index (χ0) is 7.40. The average Bonchev–Trinajstić information content (AvgIpc) is 1.88. The molecule has 1 heterocycles. The van der Waals surface area contributed by atoms with Crippen LogP contribution in [-0.2, 0) is 6.42 Å². The lowest BCUT2D eigenvalue weighted by Crippen LogP contribution is -1.93.